The lowest BCUT2D eigenvalue weighted by Gasteiger charge is -2.42. The lowest BCUT2D eigenvalue weighted by molar-refractivity contribution is 0.00496. The summed E-state index contributed by atoms with van der Waals surface area (Å²) in [5, 5.41) is 24.6. The Bertz CT molecular complexity index is 633. The molecule has 2 bridgehead atoms. The van der Waals surface area contributed by atoms with Gasteiger partial charge in [-0.3, -0.25) is 4.90 Å². The summed E-state index contributed by atoms with van der Waals surface area (Å²) >= 11 is 0. The number of nitrogens with one attached hydrogen (secondary N) is 1. The molecule has 2 atom stereocenters. The van der Waals surface area contributed by atoms with Gasteiger partial charge < -0.3 is 15.5 Å². The normalized spacial score (nSPS) is 26.7. The van der Waals surface area contributed by atoms with Crippen molar-refractivity contribution >= 4 is 6.09 Å². The van der Waals surface area contributed by atoms with E-state index in [2.05, 4.69) is 5.32 Å². The minimum atomic E-state index is -0.984. The van der Waals surface area contributed by atoms with E-state index in [1.165, 1.54) is 37.0 Å². The second-order valence-electron chi connectivity index (χ2n) is 9.46. The van der Waals surface area contributed by atoms with Gasteiger partial charge in [0.15, 0.2) is 0 Å². The van der Waals surface area contributed by atoms with E-state index in [0.717, 1.165) is 11.5 Å². The first-order valence-electron chi connectivity index (χ1n) is 10.2. The molecule has 27 heavy (non-hydrogen) atoms. The summed E-state index contributed by atoms with van der Waals surface area (Å²) in [6, 6.07) is 9.35. The Labute approximate surface area is 162 Å². The monoisotopic (exact) mass is 374 g/mol. The number of fused-ring (bicyclic) bond motifs is 2. The van der Waals surface area contributed by atoms with Crippen LogP contribution in [0.15, 0.2) is 30.3 Å². The van der Waals surface area contributed by atoms with E-state index < -0.39 is 23.8 Å². The Kier molecular flexibility index (Phi) is 5.82. The molecule has 2 fully saturated rings. The molecule has 0 spiro atoms. The Morgan fingerprint density at radius 2 is 1.89 bits per heavy atom. The minimum Gasteiger partial charge on any atom is -0.465 e. The van der Waals surface area contributed by atoms with Gasteiger partial charge in [0.1, 0.15) is 0 Å². The highest BCUT2D eigenvalue weighted by Crippen LogP contribution is 2.47. The number of hydrogen-bond acceptors (Lipinski definition) is 3. The first kappa shape index (κ1) is 20.2. The maximum atomic E-state index is 12.1. The Morgan fingerprint density at radius 1 is 1.26 bits per heavy atom. The third-order valence-electron chi connectivity index (χ3n) is 6.42. The number of carboxylic acid groups (broad SMARTS) is 1. The summed E-state index contributed by atoms with van der Waals surface area (Å²) in [7, 11) is 0. The smallest absolute Gasteiger partial charge is 0.408 e. The largest absolute Gasteiger partial charge is 0.465 e. The van der Waals surface area contributed by atoms with Crippen LogP contribution in [0.1, 0.15) is 58.4 Å². The number of amides is 1. The number of rotatable bonds is 7. The van der Waals surface area contributed by atoms with Gasteiger partial charge in [-0.1, -0.05) is 30.3 Å². The average molecular weight is 375 g/mol. The average Bonchev–Trinajstić information content (AvgIpc) is 3.20. The molecule has 2 aliphatic carbocycles. The molecule has 1 aromatic carbocycles. The van der Waals surface area contributed by atoms with E-state index in [-0.39, 0.29) is 5.54 Å². The third-order valence-corrected chi connectivity index (χ3v) is 6.42. The summed E-state index contributed by atoms with van der Waals surface area (Å²) in [6.07, 6.45) is 4.87. The molecule has 0 unspecified atom stereocenters. The third kappa shape index (κ3) is 4.64. The summed E-state index contributed by atoms with van der Waals surface area (Å²) in [5.41, 5.74) is 0.617. The molecule has 0 aliphatic heterocycles. The van der Waals surface area contributed by atoms with Crippen LogP contribution in [0.3, 0.4) is 0 Å². The van der Waals surface area contributed by atoms with Crippen molar-refractivity contribution in [2.45, 2.75) is 82.5 Å². The van der Waals surface area contributed by atoms with E-state index >= 15 is 0 Å². The highest BCUT2D eigenvalue weighted by molar-refractivity contribution is 5.66. The molecular weight excluding hydrogens is 340 g/mol. The van der Waals surface area contributed by atoms with Crippen molar-refractivity contribution in [1.82, 2.24) is 10.2 Å². The molecule has 0 aromatic heterocycles. The van der Waals surface area contributed by atoms with Crippen LogP contribution in [-0.4, -0.2) is 51.0 Å². The number of aliphatic hydroxyl groups is 1. The second-order valence-corrected chi connectivity index (χ2v) is 9.46. The molecule has 1 aromatic rings. The molecule has 5 heteroatoms. The van der Waals surface area contributed by atoms with E-state index in [1.54, 1.807) is 0 Å². The number of carbonyl (C=O) groups is 1. The fourth-order valence-electron chi connectivity index (χ4n) is 5.08. The summed E-state index contributed by atoms with van der Waals surface area (Å²) < 4.78 is 0. The number of β-amino-alcohol motifs (C(OH)–C–C–N with tert-alkyl or cyclic N) is 1. The zero-order valence-corrected chi connectivity index (χ0v) is 16.8. The molecule has 2 saturated carbocycles. The van der Waals surface area contributed by atoms with Gasteiger partial charge in [-0.15, -0.1) is 0 Å². The van der Waals surface area contributed by atoms with Gasteiger partial charge >= 0.3 is 6.09 Å². The number of benzene rings is 1. The van der Waals surface area contributed by atoms with Gasteiger partial charge in [-0.2, -0.15) is 0 Å². The fraction of sp³-hybridized carbons (Fsp3) is 0.682. The Morgan fingerprint density at radius 3 is 2.37 bits per heavy atom. The number of hydrogen-bond donors (Lipinski definition) is 3. The first-order chi connectivity index (χ1) is 12.7. The number of aliphatic hydroxyl groups excluding tert-OH is 1. The van der Waals surface area contributed by atoms with Crippen molar-refractivity contribution in [2.75, 3.05) is 6.54 Å². The van der Waals surface area contributed by atoms with Crippen molar-refractivity contribution in [3.05, 3.63) is 35.9 Å². The first-order valence-corrected chi connectivity index (χ1v) is 10.2. The van der Waals surface area contributed by atoms with Crippen LogP contribution in [0.5, 0.6) is 0 Å². The predicted octanol–water partition coefficient (Wildman–Crippen LogP) is 3.66. The predicted molar refractivity (Wildman–Crippen MR) is 107 cm³/mol. The van der Waals surface area contributed by atoms with E-state index in [9.17, 15) is 15.0 Å². The molecule has 150 valence electrons. The molecule has 0 heterocycles. The van der Waals surface area contributed by atoms with Crippen molar-refractivity contribution in [3.63, 3.8) is 0 Å². The van der Waals surface area contributed by atoms with Crippen LogP contribution < -0.4 is 5.32 Å². The minimum absolute atomic E-state index is 0.165. The van der Waals surface area contributed by atoms with Crippen LogP contribution in [-0.2, 0) is 6.42 Å². The molecule has 3 rings (SSSR count). The van der Waals surface area contributed by atoms with Crippen LogP contribution in [0.25, 0.3) is 0 Å². The standard InChI is InChI=1S/C22H34N2O3/c1-21(2,3)24(20(26)27)18(13-16-7-5-4-6-8-16)19(25)15-23-22-11-9-17(14-22)10-12-22/h4-8,17-19,23,25H,9-15H2,1-3H3,(H,26,27)/t17-,18-,19+,22-/m0/s1. The number of nitrogens with zero attached hydrogens (tertiary/aromatic N) is 1. The zero-order chi connectivity index (χ0) is 19.7. The lowest BCUT2D eigenvalue weighted by atomic mass is 9.91. The Hall–Kier alpha value is -1.59. The van der Waals surface area contributed by atoms with E-state index in [1.807, 2.05) is 51.1 Å². The molecule has 3 N–H and O–H groups in total. The summed E-state index contributed by atoms with van der Waals surface area (Å²) in [5.74, 6) is 0.833. The van der Waals surface area contributed by atoms with Gasteiger partial charge in [0.2, 0.25) is 0 Å². The second kappa shape index (κ2) is 7.80. The fourth-order valence-corrected chi connectivity index (χ4v) is 5.08. The lowest BCUT2D eigenvalue weighted by Crippen LogP contribution is -2.59. The quantitative estimate of drug-likeness (QED) is 0.681. The molecule has 0 saturated heterocycles. The zero-order valence-electron chi connectivity index (χ0n) is 16.8. The maximum Gasteiger partial charge on any atom is 0.408 e. The van der Waals surface area contributed by atoms with Gasteiger partial charge in [0, 0.05) is 17.6 Å². The van der Waals surface area contributed by atoms with Crippen molar-refractivity contribution < 1.29 is 15.0 Å². The van der Waals surface area contributed by atoms with E-state index in [4.69, 9.17) is 0 Å². The van der Waals surface area contributed by atoms with Crippen molar-refractivity contribution in [2.24, 2.45) is 5.92 Å². The van der Waals surface area contributed by atoms with Crippen LogP contribution >= 0.6 is 0 Å². The van der Waals surface area contributed by atoms with Crippen molar-refractivity contribution in [3.8, 4) is 0 Å². The van der Waals surface area contributed by atoms with Gasteiger partial charge in [0.25, 0.3) is 0 Å². The molecular formula is C22H34N2O3. The van der Waals surface area contributed by atoms with Crippen molar-refractivity contribution in [1.29, 1.82) is 0 Å². The highest BCUT2D eigenvalue weighted by Gasteiger charge is 2.45. The molecule has 1 amide bonds. The van der Waals surface area contributed by atoms with Crippen LogP contribution in [0, 0.1) is 5.92 Å². The van der Waals surface area contributed by atoms with Gasteiger partial charge in [-0.25, -0.2) is 4.79 Å². The summed E-state index contributed by atoms with van der Waals surface area (Å²) in [4.78, 5) is 13.5. The Balaban J connectivity index is 1.76. The van der Waals surface area contributed by atoms with E-state index in [0.29, 0.717) is 13.0 Å². The molecule has 5 nitrogen and oxygen atoms in total. The highest BCUT2D eigenvalue weighted by atomic mass is 16.4. The maximum absolute atomic E-state index is 12.1. The topological polar surface area (TPSA) is 72.8 Å². The summed E-state index contributed by atoms with van der Waals surface area (Å²) in [6.45, 7) is 6.09. The van der Waals surface area contributed by atoms with Gasteiger partial charge in [0.05, 0.1) is 12.1 Å². The SMILES string of the molecule is CC(C)(C)N(C(=O)O)[C@@H](Cc1ccccc1)[C@H](O)CN[C@]12CC[C@H](CC1)C2. The molecule has 2 aliphatic rings. The van der Waals surface area contributed by atoms with Crippen LogP contribution in [0.4, 0.5) is 4.79 Å². The van der Waals surface area contributed by atoms with Gasteiger partial charge in [-0.05, 0) is 70.8 Å². The van der Waals surface area contributed by atoms with Crippen LogP contribution in [0.2, 0.25) is 0 Å². The molecule has 0 radical (unpaired) electrons.